The van der Waals surface area contributed by atoms with Crippen LogP contribution in [-0.2, 0) is 4.79 Å². The predicted octanol–water partition coefficient (Wildman–Crippen LogP) is 0.483. The molecule has 0 N–H and O–H groups in total. The van der Waals surface area contributed by atoms with Gasteiger partial charge in [0.15, 0.2) is 0 Å². The Hall–Kier alpha value is -0.530. The van der Waals surface area contributed by atoms with Crippen molar-refractivity contribution in [1.29, 1.82) is 0 Å². The largest absolute Gasteiger partial charge is 0.342 e. The molecule has 2 atom stereocenters. The lowest BCUT2D eigenvalue weighted by molar-refractivity contribution is -0.150. The van der Waals surface area contributed by atoms with Crippen LogP contribution in [0.4, 0.5) is 0 Å². The van der Waals surface area contributed by atoms with E-state index in [0.717, 1.165) is 0 Å². The van der Waals surface area contributed by atoms with Crippen LogP contribution < -0.4 is 0 Å². The Labute approximate surface area is 49.5 Å². The molecule has 8 heavy (non-hydrogen) atoms. The fraction of sp³-hybridized carbons (Fsp3) is 0.833. The van der Waals surface area contributed by atoms with Gasteiger partial charge in [-0.15, -0.1) is 0 Å². The molecule has 0 unspecified atom stereocenters. The smallest absolute Gasteiger partial charge is 0.227 e. The summed E-state index contributed by atoms with van der Waals surface area (Å²) >= 11 is 0. The van der Waals surface area contributed by atoms with Crippen molar-refractivity contribution in [2.24, 2.45) is 5.92 Å². The monoisotopic (exact) mass is 113 g/mol. The van der Waals surface area contributed by atoms with Crippen LogP contribution in [0.2, 0.25) is 0 Å². The maximum Gasteiger partial charge on any atom is 0.227 e. The van der Waals surface area contributed by atoms with Crippen LogP contribution in [0.3, 0.4) is 0 Å². The zero-order valence-electron chi connectivity index (χ0n) is 5.51. The minimum absolute atomic E-state index is 0.264. The Morgan fingerprint density at radius 2 is 2.00 bits per heavy atom. The van der Waals surface area contributed by atoms with Crippen LogP contribution in [0.1, 0.15) is 13.8 Å². The lowest BCUT2D eigenvalue weighted by Gasteiger charge is -2.40. The van der Waals surface area contributed by atoms with E-state index in [1.54, 1.807) is 4.90 Å². The first-order chi connectivity index (χ1) is 3.64. The third-order valence-electron chi connectivity index (χ3n) is 2.07. The summed E-state index contributed by atoms with van der Waals surface area (Å²) in [6.07, 6.45) is 0. The molecule has 0 aromatic rings. The Kier molecular flexibility index (Phi) is 1.03. The number of hydrogen-bond donors (Lipinski definition) is 0. The van der Waals surface area contributed by atoms with E-state index in [-0.39, 0.29) is 11.8 Å². The third-order valence-corrected chi connectivity index (χ3v) is 2.07. The molecule has 0 bridgehead atoms. The van der Waals surface area contributed by atoms with Crippen LogP contribution in [0, 0.1) is 5.92 Å². The average molecular weight is 113 g/mol. The van der Waals surface area contributed by atoms with E-state index in [1.807, 2.05) is 14.0 Å². The van der Waals surface area contributed by atoms with E-state index in [1.165, 1.54) is 0 Å². The number of hydrogen-bond acceptors (Lipinski definition) is 1. The summed E-state index contributed by atoms with van der Waals surface area (Å²) in [5, 5.41) is 0. The van der Waals surface area contributed by atoms with Gasteiger partial charge >= 0.3 is 0 Å². The molecule has 1 rings (SSSR count). The molecule has 0 radical (unpaired) electrons. The van der Waals surface area contributed by atoms with Gasteiger partial charge in [-0.2, -0.15) is 0 Å². The molecule has 1 aliphatic heterocycles. The van der Waals surface area contributed by atoms with E-state index >= 15 is 0 Å². The number of β-lactam (4-membered cyclic amide) rings is 1. The number of nitrogens with zero attached hydrogens (tertiary/aromatic N) is 1. The van der Waals surface area contributed by atoms with Gasteiger partial charge in [0.1, 0.15) is 0 Å². The molecular weight excluding hydrogens is 102 g/mol. The molecule has 1 amide bonds. The minimum atomic E-state index is 0.264. The van der Waals surface area contributed by atoms with E-state index in [0.29, 0.717) is 6.04 Å². The van der Waals surface area contributed by atoms with Crippen LogP contribution in [0.5, 0.6) is 0 Å². The number of likely N-dealkylation sites (tertiary alicyclic amines) is 1. The van der Waals surface area contributed by atoms with Gasteiger partial charge in [0.25, 0.3) is 0 Å². The Morgan fingerprint density at radius 3 is 2.12 bits per heavy atom. The summed E-state index contributed by atoms with van der Waals surface area (Å²) in [5.74, 6) is 0.539. The zero-order chi connectivity index (χ0) is 6.31. The van der Waals surface area contributed by atoms with Crippen LogP contribution in [0.25, 0.3) is 0 Å². The van der Waals surface area contributed by atoms with E-state index in [4.69, 9.17) is 0 Å². The van der Waals surface area contributed by atoms with Gasteiger partial charge < -0.3 is 4.90 Å². The van der Waals surface area contributed by atoms with E-state index in [9.17, 15) is 4.79 Å². The first-order valence-electron chi connectivity index (χ1n) is 2.91. The predicted molar refractivity (Wildman–Crippen MR) is 31.4 cm³/mol. The summed E-state index contributed by atoms with van der Waals surface area (Å²) in [5.41, 5.74) is 0. The third kappa shape index (κ3) is 0.457. The van der Waals surface area contributed by atoms with Crippen LogP contribution in [-0.4, -0.2) is 23.9 Å². The van der Waals surface area contributed by atoms with Crippen molar-refractivity contribution in [1.82, 2.24) is 4.90 Å². The van der Waals surface area contributed by atoms with Crippen molar-refractivity contribution < 1.29 is 4.79 Å². The van der Waals surface area contributed by atoms with Gasteiger partial charge in [-0.3, -0.25) is 4.79 Å². The van der Waals surface area contributed by atoms with Gasteiger partial charge in [-0.05, 0) is 6.92 Å². The maximum absolute atomic E-state index is 10.7. The number of carbonyl (C=O) groups excluding carboxylic acids is 1. The maximum atomic E-state index is 10.7. The Morgan fingerprint density at radius 1 is 1.50 bits per heavy atom. The lowest BCUT2D eigenvalue weighted by atomic mass is 9.92. The van der Waals surface area contributed by atoms with Crippen molar-refractivity contribution in [3.63, 3.8) is 0 Å². The molecule has 1 saturated heterocycles. The van der Waals surface area contributed by atoms with E-state index < -0.39 is 0 Å². The second kappa shape index (κ2) is 1.47. The highest BCUT2D eigenvalue weighted by atomic mass is 16.2. The Balaban J connectivity index is 2.55. The zero-order valence-corrected chi connectivity index (χ0v) is 5.51. The van der Waals surface area contributed by atoms with Gasteiger partial charge in [0.05, 0.1) is 5.92 Å². The highest BCUT2D eigenvalue weighted by Crippen LogP contribution is 2.22. The molecule has 0 aliphatic carbocycles. The summed E-state index contributed by atoms with van der Waals surface area (Å²) in [6.45, 7) is 4.03. The van der Waals surface area contributed by atoms with Crippen molar-refractivity contribution >= 4 is 5.91 Å². The molecular formula is C6H11NO. The minimum Gasteiger partial charge on any atom is -0.342 e. The molecule has 1 fully saturated rings. The summed E-state index contributed by atoms with van der Waals surface area (Å²) in [7, 11) is 1.84. The molecule has 1 aliphatic rings. The highest BCUT2D eigenvalue weighted by Gasteiger charge is 2.37. The van der Waals surface area contributed by atoms with Crippen molar-refractivity contribution in [2.75, 3.05) is 7.05 Å². The molecule has 0 spiro atoms. The van der Waals surface area contributed by atoms with Crippen molar-refractivity contribution in [3.05, 3.63) is 0 Å². The van der Waals surface area contributed by atoms with E-state index in [2.05, 4.69) is 6.92 Å². The van der Waals surface area contributed by atoms with Crippen LogP contribution >= 0.6 is 0 Å². The lowest BCUT2D eigenvalue weighted by Crippen LogP contribution is -2.55. The molecule has 0 aromatic heterocycles. The normalized spacial score (nSPS) is 37.4. The fourth-order valence-corrected chi connectivity index (χ4v) is 0.982. The SMILES string of the molecule is C[C@@H]1C(=O)N(C)[C@@H]1C. The topological polar surface area (TPSA) is 20.3 Å². The summed E-state index contributed by atoms with van der Waals surface area (Å²) < 4.78 is 0. The standard InChI is InChI=1S/C6H11NO/c1-4-5(2)7(3)6(4)8/h4-5H,1-3H3/t4-,5+/m0/s1. The average Bonchev–Trinajstić information content (AvgIpc) is 1.83. The molecule has 2 heteroatoms. The summed E-state index contributed by atoms with van der Waals surface area (Å²) in [4.78, 5) is 12.5. The quantitative estimate of drug-likeness (QED) is 0.418. The highest BCUT2D eigenvalue weighted by molar-refractivity contribution is 5.85. The molecule has 0 saturated carbocycles. The first-order valence-corrected chi connectivity index (χ1v) is 2.91. The molecule has 0 aromatic carbocycles. The number of rotatable bonds is 0. The molecule has 2 nitrogen and oxygen atoms in total. The first kappa shape index (κ1) is 5.60. The fourth-order valence-electron chi connectivity index (χ4n) is 0.982. The van der Waals surface area contributed by atoms with Crippen molar-refractivity contribution in [3.8, 4) is 0 Å². The second-order valence-corrected chi connectivity index (χ2v) is 2.48. The second-order valence-electron chi connectivity index (χ2n) is 2.48. The molecule has 1 heterocycles. The van der Waals surface area contributed by atoms with Crippen LogP contribution in [0.15, 0.2) is 0 Å². The molecule has 46 valence electrons. The number of amides is 1. The van der Waals surface area contributed by atoms with Gasteiger partial charge in [-0.25, -0.2) is 0 Å². The Bertz CT molecular complexity index is 110. The van der Waals surface area contributed by atoms with Gasteiger partial charge in [0, 0.05) is 13.1 Å². The summed E-state index contributed by atoms with van der Waals surface area (Å²) in [6, 6.07) is 0.461. The number of carbonyl (C=O) groups is 1. The van der Waals surface area contributed by atoms with Crippen molar-refractivity contribution in [2.45, 2.75) is 19.9 Å². The van der Waals surface area contributed by atoms with Gasteiger partial charge in [-0.1, -0.05) is 6.92 Å². The van der Waals surface area contributed by atoms with Gasteiger partial charge in [0.2, 0.25) is 5.91 Å².